The first-order chi connectivity index (χ1) is 8.01. The Labute approximate surface area is 104 Å². The Kier molecular flexibility index (Phi) is 2.30. The maximum absolute atomic E-state index is 6.36. The lowest BCUT2D eigenvalue weighted by Gasteiger charge is -2.53. The van der Waals surface area contributed by atoms with Crippen LogP contribution in [0.2, 0.25) is 0 Å². The Balaban J connectivity index is 2.03. The molecule has 1 aliphatic carbocycles. The van der Waals surface area contributed by atoms with E-state index in [-0.39, 0.29) is 5.60 Å². The summed E-state index contributed by atoms with van der Waals surface area (Å²) >= 11 is 0. The summed E-state index contributed by atoms with van der Waals surface area (Å²) in [5, 5.41) is 0. The number of para-hydroxylation sites is 1. The second kappa shape index (κ2) is 3.51. The molecule has 0 bridgehead atoms. The van der Waals surface area contributed by atoms with Crippen LogP contribution >= 0.6 is 0 Å². The smallest absolute Gasteiger partial charge is 0.123 e. The molecule has 1 aliphatic heterocycles. The van der Waals surface area contributed by atoms with Gasteiger partial charge < -0.3 is 4.74 Å². The van der Waals surface area contributed by atoms with Gasteiger partial charge in [-0.3, -0.25) is 0 Å². The van der Waals surface area contributed by atoms with Crippen LogP contribution in [0.15, 0.2) is 24.3 Å². The minimum Gasteiger partial charge on any atom is -0.487 e. The average Bonchev–Trinajstić information content (AvgIpc) is 2.26. The van der Waals surface area contributed by atoms with E-state index in [2.05, 4.69) is 45.0 Å². The van der Waals surface area contributed by atoms with Crippen molar-refractivity contribution in [1.29, 1.82) is 0 Å². The summed E-state index contributed by atoms with van der Waals surface area (Å²) in [6, 6.07) is 8.55. The van der Waals surface area contributed by atoms with Gasteiger partial charge in [0.05, 0.1) is 0 Å². The van der Waals surface area contributed by atoms with E-state index in [9.17, 15) is 0 Å². The normalized spacial score (nSPS) is 34.4. The molecule has 0 aromatic heterocycles. The third kappa shape index (κ3) is 1.67. The zero-order valence-electron chi connectivity index (χ0n) is 11.1. The lowest BCUT2D eigenvalue weighted by atomic mass is 9.59. The van der Waals surface area contributed by atoms with Crippen molar-refractivity contribution < 1.29 is 4.74 Å². The van der Waals surface area contributed by atoms with Crippen molar-refractivity contribution in [3.05, 3.63) is 29.8 Å². The number of fused-ring (bicyclic) bond motifs is 2. The molecule has 1 fully saturated rings. The van der Waals surface area contributed by atoms with Crippen molar-refractivity contribution in [2.24, 2.45) is 11.3 Å². The van der Waals surface area contributed by atoms with Crippen LogP contribution in [-0.2, 0) is 6.42 Å². The Morgan fingerprint density at radius 2 is 1.88 bits per heavy atom. The molecule has 2 atom stereocenters. The highest BCUT2D eigenvalue weighted by molar-refractivity contribution is 5.37. The average molecular weight is 230 g/mol. The van der Waals surface area contributed by atoms with Gasteiger partial charge >= 0.3 is 0 Å². The molecule has 1 heteroatoms. The first kappa shape index (κ1) is 11.1. The molecule has 1 unspecified atom stereocenters. The van der Waals surface area contributed by atoms with E-state index in [4.69, 9.17) is 4.74 Å². The highest BCUT2D eigenvalue weighted by Crippen LogP contribution is 2.52. The summed E-state index contributed by atoms with van der Waals surface area (Å²) in [6.07, 6.45) is 5.01. The zero-order chi connectivity index (χ0) is 12.1. The van der Waals surface area contributed by atoms with Crippen LogP contribution < -0.4 is 4.74 Å². The van der Waals surface area contributed by atoms with Crippen molar-refractivity contribution in [2.45, 2.75) is 52.1 Å². The fourth-order valence-electron chi connectivity index (χ4n) is 3.93. The van der Waals surface area contributed by atoms with Gasteiger partial charge in [-0.2, -0.15) is 0 Å². The quantitative estimate of drug-likeness (QED) is 0.649. The zero-order valence-corrected chi connectivity index (χ0v) is 11.1. The maximum atomic E-state index is 6.36. The minimum absolute atomic E-state index is 0.0517. The summed E-state index contributed by atoms with van der Waals surface area (Å²) in [6.45, 7) is 7.13. The van der Waals surface area contributed by atoms with Gasteiger partial charge in [0.1, 0.15) is 11.4 Å². The van der Waals surface area contributed by atoms with Gasteiger partial charge in [-0.15, -0.1) is 0 Å². The van der Waals surface area contributed by atoms with Gasteiger partial charge in [0.15, 0.2) is 0 Å². The minimum atomic E-state index is 0.0517. The van der Waals surface area contributed by atoms with Crippen LogP contribution in [-0.4, -0.2) is 5.60 Å². The summed E-state index contributed by atoms with van der Waals surface area (Å²) in [5.74, 6) is 1.77. The van der Waals surface area contributed by atoms with E-state index in [1.165, 1.54) is 31.2 Å². The van der Waals surface area contributed by atoms with Crippen LogP contribution in [0.3, 0.4) is 0 Å². The number of hydrogen-bond acceptors (Lipinski definition) is 1. The van der Waals surface area contributed by atoms with E-state index in [1.54, 1.807) is 0 Å². The van der Waals surface area contributed by atoms with Gasteiger partial charge in [-0.05, 0) is 49.7 Å². The predicted octanol–water partition coefficient (Wildman–Crippen LogP) is 4.21. The molecule has 3 rings (SSSR count). The first-order valence-electron chi connectivity index (χ1n) is 6.78. The molecule has 0 saturated heterocycles. The fraction of sp³-hybridized carbons (Fsp3) is 0.625. The SMILES string of the molecule is CC1(C)CCC[C@@]2(C)Oc3ccccc3CC12. The summed E-state index contributed by atoms with van der Waals surface area (Å²) in [4.78, 5) is 0. The van der Waals surface area contributed by atoms with Crippen molar-refractivity contribution >= 4 is 0 Å². The monoisotopic (exact) mass is 230 g/mol. The Hall–Kier alpha value is -0.980. The predicted molar refractivity (Wildman–Crippen MR) is 70.3 cm³/mol. The molecule has 17 heavy (non-hydrogen) atoms. The highest BCUT2D eigenvalue weighted by Gasteiger charge is 2.50. The lowest BCUT2D eigenvalue weighted by molar-refractivity contribution is -0.0815. The molecule has 1 saturated carbocycles. The van der Waals surface area contributed by atoms with E-state index in [0.717, 1.165) is 5.75 Å². The van der Waals surface area contributed by atoms with E-state index in [1.807, 2.05) is 0 Å². The number of benzene rings is 1. The van der Waals surface area contributed by atoms with E-state index < -0.39 is 0 Å². The lowest BCUT2D eigenvalue weighted by Crippen LogP contribution is -2.53. The molecule has 0 amide bonds. The molecule has 2 aliphatic rings. The van der Waals surface area contributed by atoms with Crippen molar-refractivity contribution in [3.8, 4) is 5.75 Å². The standard InChI is InChI=1S/C16H22O/c1-15(2)9-6-10-16(3)14(15)11-12-7-4-5-8-13(12)17-16/h4-5,7-8,14H,6,9-11H2,1-3H3/t14?,16-/m1/s1. The van der Waals surface area contributed by atoms with Crippen molar-refractivity contribution in [1.82, 2.24) is 0 Å². The molecule has 1 aromatic carbocycles. The summed E-state index contributed by atoms with van der Waals surface area (Å²) < 4.78 is 6.36. The topological polar surface area (TPSA) is 9.23 Å². The van der Waals surface area contributed by atoms with Crippen LogP contribution in [0, 0.1) is 11.3 Å². The van der Waals surface area contributed by atoms with Crippen molar-refractivity contribution in [3.63, 3.8) is 0 Å². The van der Waals surface area contributed by atoms with Gasteiger partial charge in [0.25, 0.3) is 0 Å². The summed E-state index contributed by atoms with van der Waals surface area (Å²) in [5.41, 5.74) is 1.85. The van der Waals surface area contributed by atoms with E-state index in [0.29, 0.717) is 11.3 Å². The Bertz CT molecular complexity index is 435. The summed E-state index contributed by atoms with van der Waals surface area (Å²) in [7, 11) is 0. The fourth-order valence-corrected chi connectivity index (χ4v) is 3.93. The van der Waals surface area contributed by atoms with E-state index >= 15 is 0 Å². The largest absolute Gasteiger partial charge is 0.487 e. The number of ether oxygens (including phenoxy) is 1. The Morgan fingerprint density at radius 1 is 1.12 bits per heavy atom. The maximum Gasteiger partial charge on any atom is 0.123 e. The Morgan fingerprint density at radius 3 is 2.71 bits per heavy atom. The van der Waals surface area contributed by atoms with Crippen molar-refractivity contribution in [2.75, 3.05) is 0 Å². The van der Waals surface area contributed by atoms with Gasteiger partial charge in [-0.25, -0.2) is 0 Å². The highest BCUT2D eigenvalue weighted by atomic mass is 16.5. The third-order valence-electron chi connectivity index (χ3n) is 4.91. The second-order valence-electron chi connectivity index (χ2n) is 6.62. The molecule has 0 N–H and O–H groups in total. The third-order valence-corrected chi connectivity index (χ3v) is 4.91. The molecular formula is C16H22O. The second-order valence-corrected chi connectivity index (χ2v) is 6.62. The van der Waals surface area contributed by atoms with Crippen LogP contribution in [0.25, 0.3) is 0 Å². The van der Waals surface area contributed by atoms with Gasteiger partial charge in [-0.1, -0.05) is 32.0 Å². The number of hydrogen-bond donors (Lipinski definition) is 0. The van der Waals surface area contributed by atoms with Gasteiger partial charge in [0, 0.05) is 5.92 Å². The molecule has 1 heterocycles. The molecule has 0 spiro atoms. The van der Waals surface area contributed by atoms with Crippen LogP contribution in [0.5, 0.6) is 5.75 Å². The molecular weight excluding hydrogens is 208 g/mol. The van der Waals surface area contributed by atoms with Crippen LogP contribution in [0.1, 0.15) is 45.6 Å². The molecule has 0 radical (unpaired) electrons. The van der Waals surface area contributed by atoms with Crippen LogP contribution in [0.4, 0.5) is 0 Å². The first-order valence-corrected chi connectivity index (χ1v) is 6.78. The van der Waals surface area contributed by atoms with Gasteiger partial charge in [0.2, 0.25) is 0 Å². The molecule has 92 valence electrons. The molecule has 1 aromatic rings. The number of rotatable bonds is 0. The molecule has 1 nitrogen and oxygen atoms in total.